The lowest BCUT2D eigenvalue weighted by Gasteiger charge is -2.31. The second-order valence-electron chi connectivity index (χ2n) is 7.62. The summed E-state index contributed by atoms with van der Waals surface area (Å²) in [4.78, 5) is 27.8. The number of alkyl halides is 2. The van der Waals surface area contributed by atoms with Crippen molar-refractivity contribution in [3.05, 3.63) is 40.2 Å². The van der Waals surface area contributed by atoms with Crippen LogP contribution in [0.4, 0.5) is 26.1 Å². The lowest BCUT2D eigenvalue weighted by molar-refractivity contribution is -0.384. The van der Waals surface area contributed by atoms with E-state index in [1.54, 1.807) is 0 Å². The van der Waals surface area contributed by atoms with Crippen molar-refractivity contribution >= 4 is 28.4 Å². The number of rotatable bonds is 5. The number of morpholine rings is 2. The number of nitrogens with zero attached hydrogens (tertiary/aromatic N) is 7. The second-order valence-corrected chi connectivity index (χ2v) is 7.62. The van der Waals surface area contributed by atoms with Gasteiger partial charge in [-0.05, 0) is 6.07 Å². The topological polar surface area (TPSA) is 112 Å². The number of nitro benzene ring substituents is 1. The molecule has 0 atom stereocenters. The molecule has 0 bridgehead atoms. The number of benzene rings is 1. The Kier molecular flexibility index (Phi) is 5.72. The summed E-state index contributed by atoms with van der Waals surface area (Å²) in [5, 5.41) is 11.1. The molecular weight excluding hydrogens is 440 g/mol. The predicted octanol–water partition coefficient (Wildman–Crippen LogP) is 2.33. The first kappa shape index (κ1) is 21.4. The second kappa shape index (κ2) is 8.83. The molecule has 0 N–H and O–H groups in total. The molecule has 0 spiro atoms. The Morgan fingerprint density at radius 3 is 2.00 bits per heavy atom. The van der Waals surface area contributed by atoms with Gasteiger partial charge < -0.3 is 19.3 Å². The number of fused-ring (bicyclic) bond motifs is 1. The van der Waals surface area contributed by atoms with Crippen LogP contribution in [-0.2, 0) is 9.47 Å². The van der Waals surface area contributed by atoms with E-state index in [1.165, 1.54) is 22.8 Å². The van der Waals surface area contributed by atoms with Gasteiger partial charge >= 0.3 is 0 Å². The number of aromatic nitrogens is 4. The average molecular weight is 461 g/mol. The minimum Gasteiger partial charge on any atom is -0.378 e. The van der Waals surface area contributed by atoms with Crippen LogP contribution in [0.3, 0.4) is 0 Å². The highest BCUT2D eigenvalue weighted by atomic mass is 19.3. The maximum atomic E-state index is 14.0. The van der Waals surface area contributed by atoms with Gasteiger partial charge in [0.05, 0.1) is 42.4 Å². The van der Waals surface area contributed by atoms with E-state index in [0.29, 0.717) is 64.2 Å². The van der Waals surface area contributed by atoms with Gasteiger partial charge in [0, 0.05) is 44.4 Å². The molecule has 5 rings (SSSR count). The number of non-ortho nitro benzene ring substituents is 1. The molecule has 0 unspecified atom stereocenters. The minimum absolute atomic E-state index is 0.0344. The SMILES string of the molecule is O=[N+]([O-])c1ccc2c(c1)nc(C(F)F)n2-c1nc(N2CCOCC2)cc(N2CCOCC2)n1. The lowest BCUT2D eigenvalue weighted by Crippen LogP contribution is -2.39. The van der Waals surface area contributed by atoms with E-state index < -0.39 is 17.2 Å². The summed E-state index contributed by atoms with van der Waals surface area (Å²) >= 11 is 0. The molecule has 33 heavy (non-hydrogen) atoms. The Hall–Kier alpha value is -3.45. The van der Waals surface area contributed by atoms with Crippen LogP contribution < -0.4 is 9.80 Å². The first-order valence-electron chi connectivity index (χ1n) is 10.5. The molecule has 4 heterocycles. The van der Waals surface area contributed by atoms with Crippen LogP contribution >= 0.6 is 0 Å². The van der Waals surface area contributed by atoms with Crippen LogP contribution in [0.15, 0.2) is 24.3 Å². The molecule has 2 saturated heterocycles. The maximum Gasteiger partial charge on any atom is 0.296 e. The van der Waals surface area contributed by atoms with Gasteiger partial charge in [0.15, 0.2) is 5.82 Å². The minimum atomic E-state index is -2.93. The largest absolute Gasteiger partial charge is 0.378 e. The number of anilines is 2. The van der Waals surface area contributed by atoms with Crippen LogP contribution in [0.1, 0.15) is 12.2 Å². The summed E-state index contributed by atoms with van der Waals surface area (Å²) in [5.74, 6) is 0.646. The molecular formula is C20H21F2N7O4. The number of hydrogen-bond donors (Lipinski definition) is 0. The van der Waals surface area contributed by atoms with Gasteiger partial charge in [0.2, 0.25) is 5.95 Å². The predicted molar refractivity (Wildman–Crippen MR) is 114 cm³/mol. The Morgan fingerprint density at radius 2 is 1.48 bits per heavy atom. The van der Waals surface area contributed by atoms with Gasteiger partial charge in [-0.15, -0.1) is 0 Å². The maximum absolute atomic E-state index is 14.0. The van der Waals surface area contributed by atoms with Crippen LogP contribution in [0.5, 0.6) is 0 Å². The van der Waals surface area contributed by atoms with Crippen molar-refractivity contribution in [3.8, 4) is 5.95 Å². The van der Waals surface area contributed by atoms with E-state index >= 15 is 0 Å². The van der Waals surface area contributed by atoms with Crippen molar-refractivity contribution in [1.82, 2.24) is 19.5 Å². The summed E-state index contributed by atoms with van der Waals surface area (Å²) in [6.07, 6.45) is -2.93. The van der Waals surface area contributed by atoms with Crippen molar-refractivity contribution in [2.24, 2.45) is 0 Å². The van der Waals surface area contributed by atoms with Crippen molar-refractivity contribution in [1.29, 1.82) is 0 Å². The Labute approximate surface area is 186 Å². The molecule has 2 aliphatic heterocycles. The van der Waals surface area contributed by atoms with Gasteiger partial charge in [-0.2, -0.15) is 9.97 Å². The van der Waals surface area contributed by atoms with Crippen LogP contribution in [0.2, 0.25) is 0 Å². The molecule has 3 aromatic rings. The molecule has 0 amide bonds. The van der Waals surface area contributed by atoms with Crippen molar-refractivity contribution in [3.63, 3.8) is 0 Å². The zero-order chi connectivity index (χ0) is 22.9. The van der Waals surface area contributed by atoms with Gasteiger partial charge in [-0.25, -0.2) is 13.8 Å². The molecule has 2 aliphatic rings. The molecule has 2 aromatic heterocycles. The van der Waals surface area contributed by atoms with Crippen LogP contribution in [0.25, 0.3) is 17.0 Å². The van der Waals surface area contributed by atoms with Gasteiger partial charge in [0.25, 0.3) is 12.1 Å². The normalized spacial score (nSPS) is 17.2. The van der Waals surface area contributed by atoms with Crippen molar-refractivity contribution in [2.75, 3.05) is 62.4 Å². The number of nitro groups is 1. The molecule has 174 valence electrons. The van der Waals surface area contributed by atoms with Gasteiger partial charge in [-0.1, -0.05) is 0 Å². The highest BCUT2D eigenvalue weighted by Gasteiger charge is 2.26. The number of imidazole rings is 1. The van der Waals surface area contributed by atoms with E-state index in [4.69, 9.17) is 9.47 Å². The van der Waals surface area contributed by atoms with E-state index in [0.717, 1.165) is 0 Å². The molecule has 0 aliphatic carbocycles. The zero-order valence-electron chi connectivity index (χ0n) is 17.6. The third kappa shape index (κ3) is 4.16. The fourth-order valence-corrected chi connectivity index (χ4v) is 3.98. The third-order valence-corrected chi connectivity index (χ3v) is 5.63. The summed E-state index contributed by atoms with van der Waals surface area (Å²) < 4.78 is 40.0. The van der Waals surface area contributed by atoms with Gasteiger partial charge in [-0.3, -0.25) is 14.7 Å². The Bertz CT molecular complexity index is 1140. The molecule has 0 radical (unpaired) electrons. The lowest BCUT2D eigenvalue weighted by atomic mass is 10.3. The molecule has 1 aromatic carbocycles. The zero-order valence-corrected chi connectivity index (χ0v) is 17.6. The fourth-order valence-electron chi connectivity index (χ4n) is 3.98. The number of halogens is 2. The summed E-state index contributed by atoms with van der Waals surface area (Å²) in [7, 11) is 0. The average Bonchev–Trinajstić information content (AvgIpc) is 3.24. The third-order valence-electron chi connectivity index (χ3n) is 5.63. The van der Waals surface area contributed by atoms with Crippen LogP contribution in [0, 0.1) is 10.1 Å². The highest BCUT2D eigenvalue weighted by molar-refractivity contribution is 5.80. The van der Waals surface area contributed by atoms with E-state index in [-0.39, 0.29) is 22.7 Å². The summed E-state index contributed by atoms with van der Waals surface area (Å²) in [6, 6.07) is 5.66. The summed E-state index contributed by atoms with van der Waals surface area (Å²) in [6.45, 7) is 4.57. The Morgan fingerprint density at radius 1 is 0.909 bits per heavy atom. The Balaban J connectivity index is 1.68. The van der Waals surface area contributed by atoms with E-state index in [2.05, 4.69) is 15.0 Å². The molecule has 0 saturated carbocycles. The highest BCUT2D eigenvalue weighted by Crippen LogP contribution is 2.31. The van der Waals surface area contributed by atoms with Crippen LogP contribution in [-0.4, -0.2) is 77.0 Å². The monoisotopic (exact) mass is 461 g/mol. The first-order chi connectivity index (χ1) is 16.0. The number of hydrogen-bond acceptors (Lipinski definition) is 9. The fraction of sp³-hybridized carbons (Fsp3) is 0.450. The van der Waals surface area contributed by atoms with Crippen molar-refractivity contribution in [2.45, 2.75) is 6.43 Å². The standard InChI is InChI=1S/C20H21F2N7O4/c21-18(22)19-23-14-11-13(29(30)31)1-2-15(14)28(19)20-24-16(26-3-7-32-8-4-26)12-17(25-20)27-5-9-33-10-6-27/h1-2,11-12,18H,3-10H2. The molecule has 2 fully saturated rings. The molecule has 11 nitrogen and oxygen atoms in total. The van der Waals surface area contributed by atoms with Crippen molar-refractivity contribution < 1.29 is 23.2 Å². The molecule has 13 heteroatoms. The first-order valence-corrected chi connectivity index (χ1v) is 10.5. The smallest absolute Gasteiger partial charge is 0.296 e. The van der Waals surface area contributed by atoms with Gasteiger partial charge in [0.1, 0.15) is 11.6 Å². The quantitative estimate of drug-likeness (QED) is 0.417. The van der Waals surface area contributed by atoms with E-state index in [9.17, 15) is 18.9 Å². The summed E-state index contributed by atoms with van der Waals surface area (Å²) in [5.41, 5.74) is 0.112. The van der Waals surface area contributed by atoms with E-state index in [1.807, 2.05) is 15.9 Å². The number of ether oxygens (including phenoxy) is 2.